The molecular formula is C28H32FN5. The highest BCUT2D eigenvalue weighted by atomic mass is 19.1. The SMILES string of the molecule is C[C@@H]1CC(c2ccc3nc(-c4ccc(F)cc4)n(-c4ccncc4)c3n2)CC[C@H](C)CN(C)C1. The predicted molar refractivity (Wildman–Crippen MR) is 134 cm³/mol. The Labute approximate surface area is 200 Å². The van der Waals surface area contributed by atoms with Crippen molar-refractivity contribution in [2.45, 2.75) is 39.0 Å². The van der Waals surface area contributed by atoms with Gasteiger partial charge in [-0.15, -0.1) is 0 Å². The van der Waals surface area contributed by atoms with Gasteiger partial charge in [-0.05, 0) is 86.7 Å². The fourth-order valence-electron chi connectivity index (χ4n) is 5.39. The number of pyridine rings is 2. The molecule has 0 amide bonds. The van der Waals surface area contributed by atoms with Gasteiger partial charge in [-0.25, -0.2) is 14.4 Å². The Balaban J connectivity index is 1.61. The minimum absolute atomic E-state index is 0.259. The molecule has 1 aromatic carbocycles. The number of nitrogens with zero attached hydrogens (tertiary/aromatic N) is 5. The Morgan fingerprint density at radius 2 is 1.59 bits per heavy atom. The van der Waals surface area contributed by atoms with E-state index in [1.54, 1.807) is 24.5 Å². The number of halogens is 1. The summed E-state index contributed by atoms with van der Waals surface area (Å²) in [6.45, 7) is 6.98. The van der Waals surface area contributed by atoms with Crippen molar-refractivity contribution in [2.24, 2.45) is 11.8 Å². The standard InChI is InChI=1S/C28H32FN5/c1-19-4-5-22(16-20(2)18-33(3)17-19)25-10-11-26-28(31-25)34(24-12-14-30-15-13-24)27(32-26)21-6-8-23(29)9-7-21/h6-15,19-20,22H,4-5,16-18H2,1-3H3/t19-,20+,22?/m0/s1. The van der Waals surface area contributed by atoms with Crippen molar-refractivity contribution in [1.82, 2.24) is 24.4 Å². The molecule has 1 unspecified atom stereocenters. The molecule has 0 spiro atoms. The van der Waals surface area contributed by atoms with Gasteiger partial charge in [-0.2, -0.15) is 0 Å². The van der Waals surface area contributed by atoms with Gasteiger partial charge in [-0.3, -0.25) is 9.55 Å². The second-order valence-corrected chi connectivity index (χ2v) is 10.0. The Bertz CT molecular complexity index is 1250. The molecule has 34 heavy (non-hydrogen) atoms. The first-order valence-corrected chi connectivity index (χ1v) is 12.2. The summed E-state index contributed by atoms with van der Waals surface area (Å²) in [5, 5.41) is 0. The summed E-state index contributed by atoms with van der Waals surface area (Å²) in [5.41, 5.74) is 4.60. The summed E-state index contributed by atoms with van der Waals surface area (Å²) < 4.78 is 15.7. The molecule has 0 saturated carbocycles. The number of benzene rings is 1. The Hall–Kier alpha value is -3.12. The average molecular weight is 458 g/mol. The molecule has 4 heterocycles. The molecular weight excluding hydrogens is 425 g/mol. The molecule has 6 heteroatoms. The van der Waals surface area contributed by atoms with Gasteiger partial charge in [0, 0.05) is 42.7 Å². The first kappa shape index (κ1) is 22.7. The number of imidazole rings is 1. The Kier molecular flexibility index (Phi) is 6.42. The van der Waals surface area contributed by atoms with Crippen LogP contribution in [0.2, 0.25) is 0 Å². The number of aromatic nitrogens is 4. The summed E-state index contributed by atoms with van der Waals surface area (Å²) >= 11 is 0. The third kappa shape index (κ3) is 4.73. The van der Waals surface area contributed by atoms with Crippen LogP contribution in [0.4, 0.5) is 4.39 Å². The second kappa shape index (κ2) is 9.63. The zero-order valence-corrected chi connectivity index (χ0v) is 20.2. The molecule has 1 aliphatic heterocycles. The second-order valence-electron chi connectivity index (χ2n) is 10.0. The lowest BCUT2D eigenvalue weighted by molar-refractivity contribution is 0.252. The fraction of sp³-hybridized carbons (Fsp3) is 0.393. The number of hydrogen-bond acceptors (Lipinski definition) is 4. The maximum absolute atomic E-state index is 13.6. The largest absolute Gasteiger partial charge is 0.306 e. The summed E-state index contributed by atoms with van der Waals surface area (Å²) in [5.74, 6) is 2.20. The van der Waals surface area contributed by atoms with Crippen LogP contribution in [0.1, 0.15) is 44.7 Å². The lowest BCUT2D eigenvalue weighted by atomic mass is 9.87. The number of hydrogen-bond donors (Lipinski definition) is 0. The molecule has 1 fully saturated rings. The molecule has 4 aromatic rings. The van der Waals surface area contributed by atoms with Crippen LogP contribution in [0.25, 0.3) is 28.2 Å². The quantitative estimate of drug-likeness (QED) is 0.373. The molecule has 1 aliphatic rings. The molecule has 0 radical (unpaired) electrons. The van der Waals surface area contributed by atoms with E-state index < -0.39 is 0 Å². The van der Waals surface area contributed by atoms with Gasteiger partial charge >= 0.3 is 0 Å². The van der Waals surface area contributed by atoms with E-state index in [1.165, 1.54) is 18.6 Å². The third-order valence-corrected chi connectivity index (χ3v) is 6.91. The van der Waals surface area contributed by atoms with Crippen LogP contribution in [0, 0.1) is 17.7 Å². The van der Waals surface area contributed by atoms with Gasteiger partial charge in [0.2, 0.25) is 0 Å². The third-order valence-electron chi connectivity index (χ3n) is 6.91. The lowest BCUT2D eigenvalue weighted by Crippen LogP contribution is -2.28. The zero-order valence-electron chi connectivity index (χ0n) is 20.2. The van der Waals surface area contributed by atoms with Gasteiger partial charge in [0.25, 0.3) is 0 Å². The van der Waals surface area contributed by atoms with E-state index in [0.717, 1.165) is 59.9 Å². The smallest absolute Gasteiger partial charge is 0.165 e. The molecule has 176 valence electrons. The van der Waals surface area contributed by atoms with Crippen molar-refractivity contribution in [1.29, 1.82) is 0 Å². The van der Waals surface area contributed by atoms with Crippen LogP contribution >= 0.6 is 0 Å². The van der Waals surface area contributed by atoms with Crippen molar-refractivity contribution in [3.05, 3.63) is 72.4 Å². The Morgan fingerprint density at radius 1 is 0.853 bits per heavy atom. The van der Waals surface area contributed by atoms with Gasteiger partial charge in [0.15, 0.2) is 5.65 Å². The topological polar surface area (TPSA) is 46.8 Å². The van der Waals surface area contributed by atoms with Crippen LogP contribution in [0.3, 0.4) is 0 Å². The minimum Gasteiger partial charge on any atom is -0.306 e. The van der Waals surface area contributed by atoms with Crippen molar-refractivity contribution in [2.75, 3.05) is 20.1 Å². The Morgan fingerprint density at radius 3 is 2.35 bits per heavy atom. The maximum atomic E-state index is 13.6. The van der Waals surface area contributed by atoms with Crippen LogP contribution in [0.15, 0.2) is 60.9 Å². The summed E-state index contributed by atoms with van der Waals surface area (Å²) in [4.78, 5) is 16.8. The maximum Gasteiger partial charge on any atom is 0.165 e. The first-order valence-electron chi connectivity index (χ1n) is 12.2. The molecule has 3 atom stereocenters. The summed E-state index contributed by atoms with van der Waals surface area (Å²) in [6, 6.07) is 14.7. The number of fused-ring (bicyclic) bond motifs is 1. The molecule has 1 saturated heterocycles. The summed E-state index contributed by atoms with van der Waals surface area (Å²) in [7, 11) is 2.24. The van der Waals surface area contributed by atoms with Crippen LogP contribution in [-0.4, -0.2) is 44.6 Å². The molecule has 5 nitrogen and oxygen atoms in total. The van der Waals surface area contributed by atoms with Crippen LogP contribution in [-0.2, 0) is 0 Å². The minimum atomic E-state index is -0.259. The average Bonchev–Trinajstić information content (AvgIpc) is 3.23. The highest BCUT2D eigenvalue weighted by Gasteiger charge is 2.24. The fourth-order valence-corrected chi connectivity index (χ4v) is 5.39. The van der Waals surface area contributed by atoms with Crippen molar-refractivity contribution in [3.63, 3.8) is 0 Å². The molecule has 3 aromatic heterocycles. The highest BCUT2D eigenvalue weighted by molar-refractivity contribution is 5.80. The molecule has 0 N–H and O–H groups in total. The monoisotopic (exact) mass is 457 g/mol. The van der Waals surface area contributed by atoms with Gasteiger partial charge < -0.3 is 4.90 Å². The van der Waals surface area contributed by atoms with Crippen molar-refractivity contribution in [3.8, 4) is 17.1 Å². The molecule has 0 aliphatic carbocycles. The zero-order chi connectivity index (χ0) is 23.7. The first-order chi connectivity index (χ1) is 16.5. The van der Waals surface area contributed by atoms with E-state index >= 15 is 0 Å². The van der Waals surface area contributed by atoms with Gasteiger partial charge in [-0.1, -0.05) is 13.8 Å². The molecule has 5 rings (SSSR count). The van der Waals surface area contributed by atoms with E-state index in [0.29, 0.717) is 17.8 Å². The van der Waals surface area contributed by atoms with Gasteiger partial charge in [0.1, 0.15) is 17.2 Å². The number of rotatable bonds is 3. The summed E-state index contributed by atoms with van der Waals surface area (Å²) in [6.07, 6.45) is 7.02. The van der Waals surface area contributed by atoms with Crippen molar-refractivity contribution >= 4 is 11.2 Å². The van der Waals surface area contributed by atoms with E-state index in [-0.39, 0.29) is 5.82 Å². The van der Waals surface area contributed by atoms with E-state index in [1.807, 2.05) is 12.1 Å². The normalized spacial score (nSPS) is 22.3. The lowest BCUT2D eigenvalue weighted by Gasteiger charge is -2.23. The van der Waals surface area contributed by atoms with E-state index in [9.17, 15) is 4.39 Å². The van der Waals surface area contributed by atoms with E-state index in [4.69, 9.17) is 9.97 Å². The van der Waals surface area contributed by atoms with Crippen LogP contribution < -0.4 is 0 Å². The predicted octanol–water partition coefficient (Wildman–Crippen LogP) is 6.09. The highest BCUT2D eigenvalue weighted by Crippen LogP contribution is 2.34. The van der Waals surface area contributed by atoms with Crippen LogP contribution in [0.5, 0.6) is 0 Å². The van der Waals surface area contributed by atoms with Gasteiger partial charge in [0.05, 0.1) is 5.69 Å². The van der Waals surface area contributed by atoms with Crippen molar-refractivity contribution < 1.29 is 4.39 Å². The van der Waals surface area contributed by atoms with E-state index in [2.05, 4.69) is 47.5 Å². The molecule has 0 bridgehead atoms.